The van der Waals surface area contributed by atoms with Crippen molar-refractivity contribution in [3.05, 3.63) is 34.6 Å². The smallest absolute Gasteiger partial charge is 0.338 e. The van der Waals surface area contributed by atoms with Crippen molar-refractivity contribution >= 4 is 11.9 Å². The Kier molecular flexibility index (Phi) is 3.58. The van der Waals surface area contributed by atoms with Gasteiger partial charge in [0.1, 0.15) is 6.10 Å². The molecule has 0 spiro atoms. The molecule has 1 saturated heterocycles. The van der Waals surface area contributed by atoms with E-state index in [1.807, 2.05) is 0 Å². The Bertz CT molecular complexity index is 741. The van der Waals surface area contributed by atoms with Gasteiger partial charge in [-0.25, -0.2) is 9.59 Å². The van der Waals surface area contributed by atoms with Crippen molar-refractivity contribution in [1.29, 1.82) is 0 Å². The predicted molar refractivity (Wildman–Crippen MR) is 86.8 cm³/mol. The molecule has 1 fully saturated rings. The average Bonchev–Trinajstić information content (AvgIpc) is 3.11. The van der Waals surface area contributed by atoms with E-state index in [0.717, 1.165) is 30.4 Å². The average molecular weight is 346 g/mol. The first-order valence-corrected chi connectivity index (χ1v) is 8.67. The van der Waals surface area contributed by atoms with E-state index in [1.54, 1.807) is 13.0 Å². The maximum absolute atomic E-state index is 12.3. The van der Waals surface area contributed by atoms with Crippen LogP contribution in [0, 0.1) is 11.3 Å². The Morgan fingerprint density at radius 3 is 2.72 bits per heavy atom. The van der Waals surface area contributed by atoms with E-state index in [0.29, 0.717) is 11.1 Å². The Morgan fingerprint density at radius 2 is 2.04 bits per heavy atom. The van der Waals surface area contributed by atoms with Crippen molar-refractivity contribution in [3.8, 4) is 0 Å². The molecule has 0 aromatic rings. The normalized spacial score (nSPS) is 37.6. The maximum atomic E-state index is 12.3. The van der Waals surface area contributed by atoms with Gasteiger partial charge in [-0.3, -0.25) is 0 Å². The Morgan fingerprint density at radius 1 is 1.28 bits per heavy atom. The van der Waals surface area contributed by atoms with Crippen LogP contribution in [0.5, 0.6) is 0 Å². The van der Waals surface area contributed by atoms with Crippen LogP contribution in [-0.4, -0.2) is 35.5 Å². The fourth-order valence-electron chi connectivity index (χ4n) is 4.49. The van der Waals surface area contributed by atoms with Crippen molar-refractivity contribution < 1.29 is 28.9 Å². The molecule has 0 radical (unpaired) electrons. The molecular formula is C19H22O6. The first-order valence-electron chi connectivity index (χ1n) is 8.67. The quantitative estimate of drug-likeness (QED) is 0.357. The summed E-state index contributed by atoms with van der Waals surface area (Å²) >= 11 is 0. The summed E-state index contributed by atoms with van der Waals surface area (Å²) in [7, 11) is 0. The summed E-state index contributed by atoms with van der Waals surface area (Å²) < 4.78 is 16.1. The Hall–Kier alpha value is -2.08. The molecule has 1 N–H and O–H groups in total. The minimum Gasteiger partial charge on any atom is -0.458 e. The zero-order valence-electron chi connectivity index (χ0n) is 14.6. The van der Waals surface area contributed by atoms with Crippen molar-refractivity contribution in [1.82, 2.24) is 0 Å². The van der Waals surface area contributed by atoms with Crippen LogP contribution in [0.3, 0.4) is 0 Å². The number of aliphatic hydroxyl groups is 1. The number of rotatable bonds is 2. The second kappa shape index (κ2) is 5.46. The number of esters is 2. The second-order valence-corrected chi connectivity index (χ2v) is 7.81. The van der Waals surface area contributed by atoms with Crippen molar-refractivity contribution in [2.75, 3.05) is 0 Å². The molecule has 2 aliphatic carbocycles. The summed E-state index contributed by atoms with van der Waals surface area (Å²) in [6, 6.07) is 0. The number of carbonyl (C=O) groups excluding carboxylic acids is 2. The van der Waals surface area contributed by atoms with E-state index in [9.17, 15) is 14.7 Å². The van der Waals surface area contributed by atoms with Gasteiger partial charge in [-0.1, -0.05) is 13.8 Å². The number of carbonyl (C=O) groups is 2. The summed E-state index contributed by atoms with van der Waals surface area (Å²) in [5.41, 5.74) is 2.75. The third-order valence-electron chi connectivity index (χ3n) is 5.72. The molecule has 0 bridgehead atoms. The van der Waals surface area contributed by atoms with E-state index in [2.05, 4.69) is 13.8 Å². The zero-order chi connectivity index (χ0) is 17.9. The summed E-state index contributed by atoms with van der Waals surface area (Å²) in [5.74, 6) is -1.36. The minimum atomic E-state index is -0.843. The summed E-state index contributed by atoms with van der Waals surface area (Å²) in [6.07, 6.45) is 3.70. The first-order chi connectivity index (χ1) is 11.8. The van der Waals surface area contributed by atoms with Crippen molar-refractivity contribution in [2.24, 2.45) is 11.3 Å². The zero-order valence-corrected chi connectivity index (χ0v) is 14.6. The van der Waals surface area contributed by atoms with Crippen LogP contribution >= 0.6 is 0 Å². The van der Waals surface area contributed by atoms with Crippen LogP contribution in [0.25, 0.3) is 0 Å². The van der Waals surface area contributed by atoms with Crippen LogP contribution in [0.15, 0.2) is 34.6 Å². The standard InChI is InChI=1S/C19H22O6/c1-9-7-12(24-17(9)21)23-8-11-13-15(20)10-5-4-6-19(2,3)14(10)16(13)25-18(11)22/h7-8,12-13,15-16,20H,4-6H2,1-3H3/b11-8+/t12-,13-,15-,16+/m1/s1. The molecular weight excluding hydrogens is 324 g/mol. The molecule has 134 valence electrons. The summed E-state index contributed by atoms with van der Waals surface area (Å²) in [6.45, 7) is 5.90. The van der Waals surface area contributed by atoms with Crippen LogP contribution in [0.2, 0.25) is 0 Å². The van der Waals surface area contributed by atoms with Crippen LogP contribution in [-0.2, 0) is 23.8 Å². The first kappa shape index (κ1) is 16.4. The maximum Gasteiger partial charge on any atom is 0.338 e. The van der Waals surface area contributed by atoms with Crippen LogP contribution in [0.1, 0.15) is 40.0 Å². The molecule has 4 rings (SSSR count). The highest BCUT2D eigenvalue weighted by molar-refractivity contribution is 5.93. The van der Waals surface area contributed by atoms with Gasteiger partial charge in [0.25, 0.3) is 6.29 Å². The third kappa shape index (κ3) is 2.42. The lowest BCUT2D eigenvalue weighted by Gasteiger charge is -2.34. The molecule has 4 atom stereocenters. The SMILES string of the molecule is CC1=C[C@H](O/C=C2/C(=O)O[C@@H]3C4=C(CCCC4(C)C)[C@@H](O)[C@@H]23)OC1=O. The van der Waals surface area contributed by atoms with Gasteiger partial charge in [-0.05, 0) is 42.7 Å². The molecule has 6 nitrogen and oxygen atoms in total. The monoisotopic (exact) mass is 346 g/mol. The van der Waals surface area contributed by atoms with Gasteiger partial charge in [0.15, 0.2) is 0 Å². The molecule has 0 aromatic heterocycles. The van der Waals surface area contributed by atoms with Gasteiger partial charge < -0.3 is 19.3 Å². The molecule has 0 aromatic carbocycles. The number of aliphatic hydroxyl groups excluding tert-OH is 1. The molecule has 2 aliphatic heterocycles. The largest absolute Gasteiger partial charge is 0.458 e. The number of hydrogen-bond acceptors (Lipinski definition) is 6. The molecule has 0 unspecified atom stereocenters. The van der Waals surface area contributed by atoms with Crippen LogP contribution in [0.4, 0.5) is 0 Å². The van der Waals surface area contributed by atoms with Gasteiger partial charge in [-0.15, -0.1) is 0 Å². The number of cyclic esters (lactones) is 1. The summed E-state index contributed by atoms with van der Waals surface area (Å²) in [4.78, 5) is 23.7. The predicted octanol–water partition coefficient (Wildman–Crippen LogP) is 2.14. The highest BCUT2D eigenvalue weighted by atomic mass is 16.7. The lowest BCUT2D eigenvalue weighted by atomic mass is 9.72. The Balaban J connectivity index is 1.60. The number of hydrogen-bond donors (Lipinski definition) is 1. The van der Waals surface area contributed by atoms with E-state index < -0.39 is 36.4 Å². The van der Waals surface area contributed by atoms with Crippen molar-refractivity contribution in [3.63, 3.8) is 0 Å². The van der Waals surface area contributed by atoms with Crippen LogP contribution < -0.4 is 0 Å². The lowest BCUT2D eigenvalue weighted by Crippen LogP contribution is -2.27. The van der Waals surface area contributed by atoms with E-state index in [-0.39, 0.29) is 5.41 Å². The molecule has 4 aliphatic rings. The Labute approximate surface area is 146 Å². The number of fused-ring (bicyclic) bond motifs is 2. The van der Waals surface area contributed by atoms with Gasteiger partial charge in [0, 0.05) is 11.6 Å². The topological polar surface area (TPSA) is 82.1 Å². The van der Waals surface area contributed by atoms with Crippen molar-refractivity contribution in [2.45, 2.75) is 58.5 Å². The molecule has 6 heteroatoms. The van der Waals surface area contributed by atoms with Gasteiger partial charge in [0.05, 0.1) is 23.9 Å². The number of ether oxygens (including phenoxy) is 3. The molecule has 2 heterocycles. The molecule has 25 heavy (non-hydrogen) atoms. The summed E-state index contributed by atoms with van der Waals surface area (Å²) in [5, 5.41) is 10.8. The lowest BCUT2D eigenvalue weighted by molar-refractivity contribution is -0.152. The van der Waals surface area contributed by atoms with E-state index in [1.165, 1.54) is 6.26 Å². The molecule has 0 amide bonds. The fourth-order valence-corrected chi connectivity index (χ4v) is 4.49. The third-order valence-corrected chi connectivity index (χ3v) is 5.72. The van der Waals surface area contributed by atoms with Gasteiger partial charge in [-0.2, -0.15) is 0 Å². The highest BCUT2D eigenvalue weighted by Gasteiger charge is 2.56. The fraction of sp³-hybridized carbons (Fsp3) is 0.579. The molecule has 0 saturated carbocycles. The second-order valence-electron chi connectivity index (χ2n) is 7.81. The van der Waals surface area contributed by atoms with Gasteiger partial charge in [0.2, 0.25) is 0 Å². The van der Waals surface area contributed by atoms with Gasteiger partial charge >= 0.3 is 11.9 Å². The van der Waals surface area contributed by atoms with E-state index in [4.69, 9.17) is 14.2 Å². The highest BCUT2D eigenvalue weighted by Crippen LogP contribution is 2.54. The minimum absolute atomic E-state index is 0.0919. The van der Waals surface area contributed by atoms with E-state index >= 15 is 0 Å².